The molecule has 6 heteroatoms. The molecule has 0 aliphatic heterocycles. The number of rotatable bonds is 6. The summed E-state index contributed by atoms with van der Waals surface area (Å²) in [6.07, 6.45) is 2.42. The Morgan fingerprint density at radius 3 is 3.00 bits per heavy atom. The molecule has 0 aliphatic carbocycles. The molecule has 0 aliphatic rings. The number of aromatic nitrogens is 2. The molecule has 0 bridgehead atoms. The maximum atomic E-state index is 10.6. The van der Waals surface area contributed by atoms with E-state index >= 15 is 0 Å². The highest BCUT2D eigenvalue weighted by atomic mass is 16.5. The fourth-order valence-corrected chi connectivity index (χ4v) is 1.38. The van der Waals surface area contributed by atoms with Gasteiger partial charge in [0, 0.05) is 24.4 Å². The van der Waals surface area contributed by atoms with Crippen molar-refractivity contribution in [1.29, 1.82) is 0 Å². The highest BCUT2D eigenvalue weighted by Gasteiger charge is 2.10. The van der Waals surface area contributed by atoms with Crippen LogP contribution in [0.3, 0.4) is 0 Å². The minimum Gasteiger partial charge on any atom is -0.476 e. The zero-order valence-corrected chi connectivity index (χ0v) is 9.57. The SMILES string of the molecule is O=C(O)c1cc(COCCc2ccccn2)on1. The lowest BCUT2D eigenvalue weighted by atomic mass is 10.3. The summed E-state index contributed by atoms with van der Waals surface area (Å²) in [5.74, 6) is -0.716. The Balaban J connectivity index is 1.73. The number of nitrogens with zero attached hydrogens (tertiary/aromatic N) is 2. The third kappa shape index (κ3) is 3.39. The Morgan fingerprint density at radius 1 is 1.44 bits per heavy atom. The second kappa shape index (κ2) is 5.92. The predicted molar refractivity (Wildman–Crippen MR) is 61.1 cm³/mol. The number of pyridine rings is 1. The third-order valence-electron chi connectivity index (χ3n) is 2.25. The monoisotopic (exact) mass is 248 g/mol. The summed E-state index contributed by atoms with van der Waals surface area (Å²) in [6.45, 7) is 0.688. The quantitative estimate of drug-likeness (QED) is 0.780. The molecule has 2 aromatic rings. The molecule has 0 radical (unpaired) electrons. The van der Waals surface area contributed by atoms with Crippen molar-refractivity contribution in [2.24, 2.45) is 0 Å². The first-order valence-corrected chi connectivity index (χ1v) is 5.42. The molecule has 1 N–H and O–H groups in total. The van der Waals surface area contributed by atoms with Crippen LogP contribution in [-0.4, -0.2) is 27.8 Å². The number of aromatic carboxylic acids is 1. The van der Waals surface area contributed by atoms with Gasteiger partial charge in [-0.2, -0.15) is 0 Å². The fourth-order valence-electron chi connectivity index (χ4n) is 1.38. The van der Waals surface area contributed by atoms with Gasteiger partial charge in [0.05, 0.1) is 6.61 Å². The molecule has 18 heavy (non-hydrogen) atoms. The smallest absolute Gasteiger partial charge is 0.358 e. The van der Waals surface area contributed by atoms with Gasteiger partial charge in [-0.1, -0.05) is 11.2 Å². The van der Waals surface area contributed by atoms with E-state index in [4.69, 9.17) is 14.4 Å². The maximum Gasteiger partial charge on any atom is 0.358 e. The van der Waals surface area contributed by atoms with E-state index in [1.54, 1.807) is 6.20 Å². The first kappa shape index (κ1) is 12.3. The molecule has 0 aromatic carbocycles. The summed E-state index contributed by atoms with van der Waals surface area (Å²) in [7, 11) is 0. The molecule has 94 valence electrons. The van der Waals surface area contributed by atoms with Gasteiger partial charge in [-0.05, 0) is 12.1 Å². The number of ether oxygens (including phenoxy) is 1. The lowest BCUT2D eigenvalue weighted by molar-refractivity contribution is 0.0684. The minimum absolute atomic E-state index is 0.113. The van der Waals surface area contributed by atoms with Gasteiger partial charge in [-0.15, -0.1) is 0 Å². The number of carboxylic acids is 1. The molecule has 0 amide bonds. The topological polar surface area (TPSA) is 85.5 Å². The summed E-state index contributed by atoms with van der Waals surface area (Å²) in [6, 6.07) is 7.04. The number of carboxylic acid groups (broad SMARTS) is 1. The summed E-state index contributed by atoms with van der Waals surface area (Å²) in [4.78, 5) is 14.7. The van der Waals surface area contributed by atoms with Crippen LogP contribution in [0.25, 0.3) is 0 Å². The maximum absolute atomic E-state index is 10.6. The number of hydrogen-bond donors (Lipinski definition) is 1. The molecule has 2 rings (SSSR count). The molecule has 0 fully saturated rings. The van der Waals surface area contributed by atoms with Crippen LogP contribution in [0.5, 0.6) is 0 Å². The number of carbonyl (C=O) groups is 1. The van der Waals surface area contributed by atoms with Crippen molar-refractivity contribution in [2.45, 2.75) is 13.0 Å². The van der Waals surface area contributed by atoms with E-state index in [0.717, 1.165) is 5.69 Å². The van der Waals surface area contributed by atoms with Crippen molar-refractivity contribution < 1.29 is 19.2 Å². The van der Waals surface area contributed by atoms with Crippen LogP contribution in [0.1, 0.15) is 21.9 Å². The Morgan fingerprint density at radius 2 is 2.33 bits per heavy atom. The zero-order valence-electron chi connectivity index (χ0n) is 9.57. The van der Waals surface area contributed by atoms with E-state index in [9.17, 15) is 4.79 Å². The van der Waals surface area contributed by atoms with Gasteiger partial charge >= 0.3 is 5.97 Å². The number of hydrogen-bond acceptors (Lipinski definition) is 5. The van der Waals surface area contributed by atoms with E-state index in [-0.39, 0.29) is 12.3 Å². The van der Waals surface area contributed by atoms with Crippen molar-refractivity contribution in [2.75, 3.05) is 6.61 Å². The Bertz CT molecular complexity index is 510. The van der Waals surface area contributed by atoms with E-state index in [1.165, 1.54) is 6.07 Å². The van der Waals surface area contributed by atoms with Gasteiger partial charge in [0.25, 0.3) is 0 Å². The molecule has 0 atom stereocenters. The van der Waals surface area contributed by atoms with E-state index in [2.05, 4.69) is 10.1 Å². The van der Waals surface area contributed by atoms with Crippen LogP contribution < -0.4 is 0 Å². The summed E-state index contributed by atoms with van der Waals surface area (Å²) >= 11 is 0. The van der Waals surface area contributed by atoms with E-state index < -0.39 is 5.97 Å². The van der Waals surface area contributed by atoms with Crippen LogP contribution in [0.2, 0.25) is 0 Å². The van der Waals surface area contributed by atoms with Crippen molar-refractivity contribution in [1.82, 2.24) is 10.1 Å². The summed E-state index contributed by atoms with van der Waals surface area (Å²) < 4.78 is 10.2. The van der Waals surface area contributed by atoms with Crippen LogP contribution in [0.4, 0.5) is 0 Å². The molecule has 0 spiro atoms. The van der Waals surface area contributed by atoms with Gasteiger partial charge in [0.1, 0.15) is 6.61 Å². The average Bonchev–Trinajstić information content (AvgIpc) is 2.85. The summed E-state index contributed by atoms with van der Waals surface area (Å²) in [5, 5.41) is 12.0. The van der Waals surface area contributed by atoms with E-state index in [0.29, 0.717) is 18.8 Å². The Kier molecular flexibility index (Phi) is 4.03. The minimum atomic E-state index is -1.11. The van der Waals surface area contributed by atoms with Crippen LogP contribution in [0.15, 0.2) is 35.0 Å². The fraction of sp³-hybridized carbons (Fsp3) is 0.250. The van der Waals surface area contributed by atoms with Gasteiger partial charge in [-0.3, -0.25) is 4.98 Å². The van der Waals surface area contributed by atoms with Crippen LogP contribution in [-0.2, 0) is 17.8 Å². The van der Waals surface area contributed by atoms with Crippen LogP contribution >= 0.6 is 0 Å². The lowest BCUT2D eigenvalue weighted by Crippen LogP contribution is -2.00. The zero-order chi connectivity index (χ0) is 12.8. The molecule has 2 heterocycles. The van der Waals surface area contributed by atoms with Crippen molar-refractivity contribution >= 4 is 5.97 Å². The first-order valence-electron chi connectivity index (χ1n) is 5.42. The molecule has 6 nitrogen and oxygen atoms in total. The molecular formula is C12H12N2O4. The van der Waals surface area contributed by atoms with Crippen molar-refractivity contribution in [3.8, 4) is 0 Å². The van der Waals surface area contributed by atoms with Crippen molar-refractivity contribution in [3.05, 3.63) is 47.6 Å². The second-order valence-corrected chi connectivity index (χ2v) is 3.61. The normalized spacial score (nSPS) is 10.4. The molecule has 0 saturated carbocycles. The van der Waals surface area contributed by atoms with Gasteiger partial charge < -0.3 is 14.4 Å². The molecule has 0 saturated heterocycles. The summed E-state index contributed by atoms with van der Waals surface area (Å²) in [5.41, 5.74) is 0.833. The van der Waals surface area contributed by atoms with Gasteiger partial charge in [-0.25, -0.2) is 4.79 Å². The Labute approximate surface area is 103 Å². The standard InChI is InChI=1S/C12H12N2O4/c15-12(16)11-7-10(18-14-11)8-17-6-4-9-3-1-2-5-13-9/h1-3,5,7H,4,6,8H2,(H,15,16). The Hall–Kier alpha value is -2.21. The molecule has 2 aromatic heterocycles. The third-order valence-corrected chi connectivity index (χ3v) is 2.25. The predicted octanol–water partition coefficient (Wildman–Crippen LogP) is 1.53. The molecular weight excluding hydrogens is 236 g/mol. The molecule has 0 unspecified atom stereocenters. The van der Waals surface area contributed by atoms with Gasteiger partial charge in [0.2, 0.25) is 0 Å². The highest BCUT2D eigenvalue weighted by molar-refractivity contribution is 5.85. The highest BCUT2D eigenvalue weighted by Crippen LogP contribution is 2.05. The lowest BCUT2D eigenvalue weighted by Gasteiger charge is -2.00. The first-order chi connectivity index (χ1) is 8.75. The van der Waals surface area contributed by atoms with Crippen LogP contribution in [0, 0.1) is 0 Å². The second-order valence-electron chi connectivity index (χ2n) is 3.61. The average molecular weight is 248 g/mol. The van der Waals surface area contributed by atoms with Crippen molar-refractivity contribution in [3.63, 3.8) is 0 Å². The largest absolute Gasteiger partial charge is 0.476 e. The van der Waals surface area contributed by atoms with Gasteiger partial charge in [0.15, 0.2) is 11.5 Å². The van der Waals surface area contributed by atoms with E-state index in [1.807, 2.05) is 18.2 Å².